The molecule has 0 atom stereocenters. The van der Waals surface area contributed by atoms with Gasteiger partial charge in [0.2, 0.25) is 0 Å². The molecule has 0 saturated heterocycles. The summed E-state index contributed by atoms with van der Waals surface area (Å²) in [6.07, 6.45) is 33.7. The van der Waals surface area contributed by atoms with E-state index in [2.05, 4.69) is 137 Å². The van der Waals surface area contributed by atoms with Crippen LogP contribution in [0.4, 0.5) is 0 Å². The van der Waals surface area contributed by atoms with Crippen LogP contribution in [0.25, 0.3) is 68.6 Å². The van der Waals surface area contributed by atoms with Gasteiger partial charge in [-0.05, 0) is 95.2 Å². The molecule has 326 valence electrons. The minimum absolute atomic E-state index is 0. The third kappa shape index (κ3) is 12.5. The minimum atomic E-state index is 0. The van der Waals surface area contributed by atoms with Crippen LogP contribution < -0.4 is 9.97 Å². The van der Waals surface area contributed by atoms with Crippen molar-refractivity contribution >= 4 is 46.4 Å². The van der Waals surface area contributed by atoms with Crippen LogP contribution in [0.1, 0.15) is 202 Å². The van der Waals surface area contributed by atoms with Gasteiger partial charge in [-0.25, -0.2) is 9.97 Å². The van der Waals surface area contributed by atoms with E-state index in [-0.39, 0.29) is 19.5 Å². The standard InChI is InChI=1S/C58H72N4.Zn/c1-5-9-13-19-27-43(28-20-14-10-6-2)55-47-35-39-51(59-47)57(45-31-23-17-24-32-45)53-41-37-49(61-53)56(44(29-21-15-11-7-3)30-22-16-12-8-4)50-38-42-54(62-50)58(46-33-25-18-26-34-46)52-40-36-48(55)60-52;/h17-18,23-26,31-44H,5-16,19-22,27-30H2,1-4H3;/q-2;+2. The van der Waals surface area contributed by atoms with E-state index < -0.39 is 0 Å². The predicted molar refractivity (Wildman–Crippen MR) is 268 cm³/mol. The summed E-state index contributed by atoms with van der Waals surface area (Å²) in [7, 11) is 0. The summed E-state index contributed by atoms with van der Waals surface area (Å²) in [6, 6.07) is 30.7. The summed E-state index contributed by atoms with van der Waals surface area (Å²) in [6.45, 7) is 9.23. The Kier molecular flexibility index (Phi) is 19.3. The van der Waals surface area contributed by atoms with Crippen molar-refractivity contribution in [1.82, 2.24) is 19.9 Å². The van der Waals surface area contributed by atoms with Crippen molar-refractivity contribution < 1.29 is 19.5 Å². The molecule has 0 N–H and O–H groups in total. The molecule has 5 aromatic rings. The number of benzene rings is 2. The quantitative estimate of drug-likeness (QED) is 0.0448. The van der Waals surface area contributed by atoms with Crippen molar-refractivity contribution in [2.45, 2.75) is 168 Å². The summed E-state index contributed by atoms with van der Waals surface area (Å²) >= 11 is 0. The first kappa shape index (κ1) is 48.1. The maximum Gasteiger partial charge on any atom is 2.00 e. The molecule has 0 unspecified atom stereocenters. The van der Waals surface area contributed by atoms with Crippen LogP contribution in [0.5, 0.6) is 0 Å². The zero-order chi connectivity index (χ0) is 42.9. The zero-order valence-electron chi connectivity index (χ0n) is 39.2. The van der Waals surface area contributed by atoms with Crippen LogP contribution in [0.2, 0.25) is 0 Å². The molecule has 2 aliphatic heterocycles. The summed E-state index contributed by atoms with van der Waals surface area (Å²) in [5.41, 5.74) is 15.2. The van der Waals surface area contributed by atoms with Crippen molar-refractivity contribution in [3.05, 3.63) is 119 Å². The SMILES string of the molecule is CCCCCCC(CCCCCC)c1c2nc(c(-c3ccccc3)c3ccc([n-]3)c(C(CCCCCC)CCCCCC)c3nc(c(-c4ccccc4)c4ccc1[n-]4)C=C3)C=C2.[Zn+2]. The fourth-order valence-corrected chi connectivity index (χ4v) is 9.90. The molecule has 0 aliphatic carbocycles. The molecule has 4 nitrogen and oxygen atoms in total. The van der Waals surface area contributed by atoms with E-state index in [9.17, 15) is 0 Å². The fraction of sp³-hybridized carbons (Fsp3) is 0.448. The number of rotatable bonds is 24. The molecule has 5 heterocycles. The molecular weight excluding hydrogens is 818 g/mol. The van der Waals surface area contributed by atoms with Gasteiger partial charge in [0.05, 0.1) is 22.8 Å². The van der Waals surface area contributed by atoms with Gasteiger partial charge < -0.3 is 9.97 Å². The molecular formula is C58H72N4Zn. The Morgan fingerprint density at radius 3 is 1.02 bits per heavy atom. The minimum Gasteiger partial charge on any atom is -0.657 e. The predicted octanol–water partition coefficient (Wildman–Crippen LogP) is 17.3. The van der Waals surface area contributed by atoms with Crippen LogP contribution in [0.3, 0.4) is 0 Å². The van der Waals surface area contributed by atoms with Gasteiger partial charge in [0.1, 0.15) is 0 Å². The number of unbranched alkanes of at least 4 members (excludes halogenated alkanes) is 12. The average Bonchev–Trinajstić information content (AvgIpc) is 4.15. The third-order valence-corrected chi connectivity index (χ3v) is 13.3. The Morgan fingerprint density at radius 1 is 0.365 bits per heavy atom. The summed E-state index contributed by atoms with van der Waals surface area (Å²) in [4.78, 5) is 22.5. The molecule has 7 rings (SSSR count). The van der Waals surface area contributed by atoms with Crippen LogP contribution in [-0.4, -0.2) is 9.97 Å². The summed E-state index contributed by atoms with van der Waals surface area (Å²) in [5.74, 6) is 0.731. The van der Waals surface area contributed by atoms with E-state index in [0.29, 0.717) is 11.8 Å². The Balaban J connectivity index is 0.00000661. The largest absolute Gasteiger partial charge is 2.00 e. The maximum absolute atomic E-state index is 5.63. The molecule has 2 aliphatic rings. The van der Waals surface area contributed by atoms with E-state index in [0.717, 1.165) is 92.8 Å². The van der Waals surface area contributed by atoms with Gasteiger partial charge in [0.25, 0.3) is 0 Å². The van der Waals surface area contributed by atoms with E-state index in [1.165, 1.54) is 114 Å². The van der Waals surface area contributed by atoms with Crippen LogP contribution in [-0.2, 0) is 19.5 Å². The van der Waals surface area contributed by atoms with Gasteiger partial charge in [0.15, 0.2) is 0 Å². The van der Waals surface area contributed by atoms with E-state index in [4.69, 9.17) is 19.9 Å². The first-order chi connectivity index (χ1) is 30.6. The average molecular weight is 891 g/mol. The van der Waals surface area contributed by atoms with Gasteiger partial charge in [0, 0.05) is 0 Å². The second-order valence-electron chi connectivity index (χ2n) is 18.0. The smallest absolute Gasteiger partial charge is 0.657 e. The van der Waals surface area contributed by atoms with E-state index >= 15 is 0 Å². The Bertz CT molecular complexity index is 2190. The van der Waals surface area contributed by atoms with Crippen LogP contribution >= 0.6 is 0 Å². The van der Waals surface area contributed by atoms with Gasteiger partial charge in [-0.15, -0.1) is 22.1 Å². The second-order valence-corrected chi connectivity index (χ2v) is 18.0. The number of nitrogens with zero attached hydrogens (tertiary/aromatic N) is 4. The monoisotopic (exact) mass is 889 g/mol. The Hall–Kier alpha value is -4.34. The molecule has 0 saturated carbocycles. The number of aromatic nitrogens is 4. The molecule has 2 aromatic carbocycles. The topological polar surface area (TPSA) is 54.0 Å². The zero-order valence-corrected chi connectivity index (χ0v) is 42.2. The summed E-state index contributed by atoms with van der Waals surface area (Å²) < 4.78 is 0. The van der Waals surface area contributed by atoms with Crippen molar-refractivity contribution in [1.29, 1.82) is 0 Å². The van der Waals surface area contributed by atoms with Crippen LogP contribution in [0.15, 0.2) is 84.9 Å². The fourth-order valence-electron chi connectivity index (χ4n) is 9.90. The van der Waals surface area contributed by atoms with Crippen molar-refractivity contribution in [3.8, 4) is 22.3 Å². The third-order valence-electron chi connectivity index (χ3n) is 13.3. The van der Waals surface area contributed by atoms with Gasteiger partial charge in [-0.2, -0.15) is 0 Å². The van der Waals surface area contributed by atoms with Crippen molar-refractivity contribution in [3.63, 3.8) is 0 Å². The molecule has 63 heavy (non-hydrogen) atoms. The van der Waals surface area contributed by atoms with Gasteiger partial charge in [-0.3, -0.25) is 0 Å². The molecule has 0 spiro atoms. The molecule has 8 bridgehead atoms. The van der Waals surface area contributed by atoms with Crippen LogP contribution in [0, 0.1) is 0 Å². The number of fused-ring (bicyclic) bond motifs is 8. The molecule has 0 fully saturated rings. The summed E-state index contributed by atoms with van der Waals surface area (Å²) in [5, 5.41) is 0. The van der Waals surface area contributed by atoms with E-state index in [1.807, 2.05) is 0 Å². The number of hydrogen-bond acceptors (Lipinski definition) is 2. The van der Waals surface area contributed by atoms with Gasteiger partial charge in [-0.1, -0.05) is 215 Å². The molecule has 0 radical (unpaired) electrons. The van der Waals surface area contributed by atoms with Crippen molar-refractivity contribution in [2.75, 3.05) is 0 Å². The molecule has 0 amide bonds. The number of hydrogen-bond donors (Lipinski definition) is 0. The second kappa shape index (κ2) is 25.2. The normalized spacial score (nSPS) is 12.2. The Morgan fingerprint density at radius 2 is 0.683 bits per heavy atom. The first-order valence-corrected chi connectivity index (χ1v) is 24.8. The first-order valence-electron chi connectivity index (χ1n) is 24.8. The van der Waals surface area contributed by atoms with Crippen molar-refractivity contribution in [2.24, 2.45) is 0 Å². The molecule has 3 aromatic heterocycles. The molecule has 5 heteroatoms. The Labute approximate surface area is 392 Å². The van der Waals surface area contributed by atoms with E-state index in [1.54, 1.807) is 0 Å². The maximum atomic E-state index is 5.63. The van der Waals surface area contributed by atoms with Gasteiger partial charge >= 0.3 is 19.5 Å².